The van der Waals surface area contributed by atoms with Gasteiger partial charge in [0.2, 0.25) is 0 Å². The van der Waals surface area contributed by atoms with E-state index in [1.807, 2.05) is 48.5 Å². The summed E-state index contributed by atoms with van der Waals surface area (Å²) in [6.07, 6.45) is 0.664. The molecule has 4 nitrogen and oxygen atoms in total. The Balaban J connectivity index is 1.64. The highest BCUT2D eigenvalue weighted by Gasteiger charge is 2.34. The molecule has 0 aliphatic carbocycles. The van der Waals surface area contributed by atoms with Crippen LogP contribution in [0.4, 0.5) is 4.79 Å². The number of hydrogen-bond acceptors (Lipinski definition) is 3. The van der Waals surface area contributed by atoms with Gasteiger partial charge in [0.05, 0.1) is 17.6 Å². The van der Waals surface area contributed by atoms with Crippen molar-refractivity contribution >= 4 is 22.0 Å². The van der Waals surface area contributed by atoms with Crippen LogP contribution in [-0.2, 0) is 11.3 Å². The molecule has 1 atom stereocenters. The standard InChI is InChI=1S/C18H18BrNO3/c1-22-17-11-14(7-8-15(17)19)16-9-10-20(16)18(21)23-12-13-5-3-2-4-6-13/h2-8,11,16H,9-10,12H2,1H3. The lowest BCUT2D eigenvalue weighted by Crippen LogP contribution is -2.45. The number of ether oxygens (including phenoxy) is 2. The van der Waals surface area contributed by atoms with Gasteiger partial charge < -0.3 is 14.4 Å². The fraction of sp³-hybridized carbons (Fsp3) is 0.278. The van der Waals surface area contributed by atoms with E-state index in [1.165, 1.54) is 0 Å². The van der Waals surface area contributed by atoms with Crippen molar-refractivity contribution in [1.29, 1.82) is 0 Å². The topological polar surface area (TPSA) is 38.8 Å². The maximum atomic E-state index is 12.3. The van der Waals surface area contributed by atoms with E-state index >= 15 is 0 Å². The Bertz CT molecular complexity index is 690. The Morgan fingerprint density at radius 2 is 2.04 bits per heavy atom. The molecule has 3 rings (SSSR count). The van der Waals surface area contributed by atoms with Gasteiger partial charge in [0.25, 0.3) is 0 Å². The highest BCUT2D eigenvalue weighted by atomic mass is 79.9. The maximum Gasteiger partial charge on any atom is 0.410 e. The van der Waals surface area contributed by atoms with Gasteiger partial charge >= 0.3 is 6.09 Å². The average Bonchev–Trinajstić information content (AvgIpc) is 2.54. The molecule has 1 fully saturated rings. The molecule has 120 valence electrons. The van der Waals surface area contributed by atoms with E-state index in [9.17, 15) is 4.79 Å². The van der Waals surface area contributed by atoms with E-state index in [1.54, 1.807) is 12.0 Å². The predicted molar refractivity (Wildman–Crippen MR) is 91.4 cm³/mol. The molecule has 1 heterocycles. The normalized spacial score (nSPS) is 16.6. The van der Waals surface area contributed by atoms with Crippen molar-refractivity contribution in [2.24, 2.45) is 0 Å². The number of benzene rings is 2. The van der Waals surface area contributed by atoms with Gasteiger partial charge in [-0.05, 0) is 45.6 Å². The van der Waals surface area contributed by atoms with E-state index < -0.39 is 0 Å². The molecule has 0 saturated carbocycles. The lowest BCUT2D eigenvalue weighted by Gasteiger charge is -2.40. The van der Waals surface area contributed by atoms with E-state index in [-0.39, 0.29) is 12.1 Å². The smallest absolute Gasteiger partial charge is 0.410 e. The fourth-order valence-electron chi connectivity index (χ4n) is 2.64. The van der Waals surface area contributed by atoms with Crippen molar-refractivity contribution in [3.63, 3.8) is 0 Å². The molecular weight excluding hydrogens is 358 g/mol. The SMILES string of the molecule is COc1cc(C2CCN2C(=O)OCc2ccccc2)ccc1Br. The number of nitrogens with zero attached hydrogens (tertiary/aromatic N) is 1. The first kappa shape index (κ1) is 15.9. The van der Waals surface area contributed by atoms with Crippen molar-refractivity contribution in [1.82, 2.24) is 4.90 Å². The van der Waals surface area contributed by atoms with Gasteiger partial charge in [-0.25, -0.2) is 4.79 Å². The quantitative estimate of drug-likeness (QED) is 0.787. The fourth-order valence-corrected chi connectivity index (χ4v) is 3.05. The summed E-state index contributed by atoms with van der Waals surface area (Å²) < 4.78 is 11.6. The summed E-state index contributed by atoms with van der Waals surface area (Å²) in [6.45, 7) is 1.02. The van der Waals surface area contributed by atoms with Gasteiger partial charge in [-0.1, -0.05) is 36.4 Å². The van der Waals surface area contributed by atoms with Crippen LogP contribution in [0.25, 0.3) is 0 Å². The first-order chi connectivity index (χ1) is 11.2. The minimum Gasteiger partial charge on any atom is -0.496 e. The van der Waals surface area contributed by atoms with Gasteiger partial charge in [0.1, 0.15) is 12.4 Å². The van der Waals surface area contributed by atoms with Crippen LogP contribution >= 0.6 is 15.9 Å². The van der Waals surface area contributed by atoms with E-state index in [0.29, 0.717) is 6.61 Å². The summed E-state index contributed by atoms with van der Waals surface area (Å²) in [4.78, 5) is 14.0. The Kier molecular flexibility index (Phi) is 4.86. The number of carbonyl (C=O) groups excluding carboxylic acids is 1. The third kappa shape index (κ3) is 3.50. The third-order valence-corrected chi connectivity index (χ3v) is 4.67. The Labute approximate surface area is 144 Å². The first-order valence-electron chi connectivity index (χ1n) is 7.50. The zero-order valence-corrected chi connectivity index (χ0v) is 14.5. The second-order valence-electron chi connectivity index (χ2n) is 5.43. The Morgan fingerprint density at radius 1 is 1.26 bits per heavy atom. The molecule has 0 aromatic heterocycles. The van der Waals surface area contributed by atoms with Crippen molar-refractivity contribution in [2.75, 3.05) is 13.7 Å². The van der Waals surface area contributed by atoms with Crippen LogP contribution in [0.3, 0.4) is 0 Å². The second kappa shape index (κ2) is 7.04. The van der Waals surface area contributed by atoms with Gasteiger partial charge in [-0.2, -0.15) is 0 Å². The van der Waals surface area contributed by atoms with Crippen LogP contribution in [0.1, 0.15) is 23.6 Å². The summed E-state index contributed by atoms with van der Waals surface area (Å²) >= 11 is 3.44. The molecule has 0 N–H and O–H groups in total. The molecule has 1 unspecified atom stereocenters. The lowest BCUT2D eigenvalue weighted by molar-refractivity contribution is 0.0432. The number of hydrogen-bond donors (Lipinski definition) is 0. The van der Waals surface area contributed by atoms with Crippen LogP contribution in [0.2, 0.25) is 0 Å². The number of amides is 1. The zero-order chi connectivity index (χ0) is 16.2. The van der Waals surface area contributed by atoms with Gasteiger partial charge in [-0.15, -0.1) is 0 Å². The van der Waals surface area contributed by atoms with Gasteiger partial charge in [0, 0.05) is 6.54 Å². The van der Waals surface area contributed by atoms with E-state index in [4.69, 9.17) is 9.47 Å². The molecule has 23 heavy (non-hydrogen) atoms. The largest absolute Gasteiger partial charge is 0.496 e. The third-order valence-electron chi connectivity index (χ3n) is 4.02. The lowest BCUT2D eigenvalue weighted by atomic mass is 9.95. The minimum atomic E-state index is -0.271. The Morgan fingerprint density at radius 3 is 2.70 bits per heavy atom. The molecule has 0 spiro atoms. The van der Waals surface area contributed by atoms with E-state index in [2.05, 4.69) is 15.9 Å². The highest BCUT2D eigenvalue weighted by molar-refractivity contribution is 9.10. The summed E-state index contributed by atoms with van der Waals surface area (Å²) in [5, 5.41) is 0. The van der Waals surface area contributed by atoms with E-state index in [0.717, 1.165) is 34.3 Å². The maximum absolute atomic E-state index is 12.3. The molecule has 2 aromatic rings. The summed E-state index contributed by atoms with van der Waals surface area (Å²) in [6, 6.07) is 15.7. The van der Waals surface area contributed by atoms with Crippen LogP contribution in [0.15, 0.2) is 53.0 Å². The van der Waals surface area contributed by atoms with Crippen molar-refractivity contribution < 1.29 is 14.3 Å². The highest BCUT2D eigenvalue weighted by Crippen LogP contribution is 2.37. The minimum absolute atomic E-state index is 0.0558. The molecule has 1 saturated heterocycles. The predicted octanol–water partition coefficient (Wildman–Crippen LogP) is 4.54. The van der Waals surface area contributed by atoms with Gasteiger partial charge in [0.15, 0.2) is 0 Å². The van der Waals surface area contributed by atoms with Crippen molar-refractivity contribution in [3.05, 3.63) is 64.1 Å². The van der Waals surface area contributed by atoms with Crippen LogP contribution in [0, 0.1) is 0 Å². The van der Waals surface area contributed by atoms with Crippen LogP contribution in [0.5, 0.6) is 5.75 Å². The molecule has 0 bridgehead atoms. The van der Waals surface area contributed by atoms with Crippen LogP contribution in [-0.4, -0.2) is 24.6 Å². The molecule has 5 heteroatoms. The molecule has 1 aliphatic rings. The van der Waals surface area contributed by atoms with Crippen molar-refractivity contribution in [2.45, 2.75) is 19.1 Å². The Hall–Kier alpha value is -2.01. The number of rotatable bonds is 4. The number of methoxy groups -OCH3 is 1. The monoisotopic (exact) mass is 375 g/mol. The number of halogens is 1. The summed E-state index contributed by atoms with van der Waals surface area (Å²) in [7, 11) is 1.64. The van der Waals surface area contributed by atoms with Crippen molar-refractivity contribution in [3.8, 4) is 5.75 Å². The summed E-state index contributed by atoms with van der Waals surface area (Å²) in [5.41, 5.74) is 2.05. The molecule has 1 amide bonds. The number of carbonyl (C=O) groups is 1. The summed E-state index contributed by atoms with van der Waals surface area (Å²) in [5.74, 6) is 0.770. The van der Waals surface area contributed by atoms with Crippen LogP contribution < -0.4 is 4.74 Å². The molecule has 1 aliphatic heterocycles. The molecular formula is C18H18BrNO3. The average molecular weight is 376 g/mol. The zero-order valence-electron chi connectivity index (χ0n) is 12.9. The molecule has 2 aromatic carbocycles. The molecule has 0 radical (unpaired) electrons. The second-order valence-corrected chi connectivity index (χ2v) is 6.29. The number of likely N-dealkylation sites (tertiary alicyclic amines) is 1. The first-order valence-corrected chi connectivity index (χ1v) is 8.29. The van der Waals surface area contributed by atoms with Gasteiger partial charge in [-0.3, -0.25) is 0 Å².